The molecule has 0 bridgehead atoms. The van der Waals surface area contributed by atoms with E-state index in [9.17, 15) is 4.79 Å². The molecule has 1 unspecified atom stereocenters. The SMILES string of the molecule is CCCCN(C)C(=O)[C@@H](N)C(C)CC. The van der Waals surface area contributed by atoms with Gasteiger partial charge in [0.25, 0.3) is 0 Å². The predicted octanol–water partition coefficient (Wildman–Crippen LogP) is 1.62. The Morgan fingerprint density at radius 3 is 2.43 bits per heavy atom. The molecule has 0 saturated heterocycles. The second kappa shape index (κ2) is 6.82. The van der Waals surface area contributed by atoms with E-state index >= 15 is 0 Å². The van der Waals surface area contributed by atoms with Crippen molar-refractivity contribution in [3.8, 4) is 0 Å². The molecule has 2 N–H and O–H groups in total. The van der Waals surface area contributed by atoms with Crippen molar-refractivity contribution in [1.29, 1.82) is 0 Å². The molecule has 0 spiro atoms. The van der Waals surface area contributed by atoms with Crippen LogP contribution >= 0.6 is 0 Å². The van der Waals surface area contributed by atoms with Crippen molar-refractivity contribution in [1.82, 2.24) is 4.90 Å². The van der Waals surface area contributed by atoms with Crippen molar-refractivity contribution in [3.05, 3.63) is 0 Å². The second-order valence-electron chi connectivity index (χ2n) is 4.02. The summed E-state index contributed by atoms with van der Waals surface area (Å²) in [7, 11) is 1.83. The molecule has 3 heteroatoms. The Labute approximate surface area is 87.6 Å². The van der Waals surface area contributed by atoms with Crippen LogP contribution in [-0.2, 0) is 4.79 Å². The van der Waals surface area contributed by atoms with E-state index < -0.39 is 0 Å². The Balaban J connectivity index is 4.03. The molecule has 0 aromatic rings. The Morgan fingerprint density at radius 1 is 1.43 bits per heavy atom. The number of likely N-dealkylation sites (N-methyl/N-ethyl adjacent to an activating group) is 1. The standard InChI is InChI=1S/C11H24N2O/c1-5-7-8-13(4)11(14)10(12)9(3)6-2/h9-10H,5-8,12H2,1-4H3/t9?,10-/m0/s1. The van der Waals surface area contributed by atoms with Gasteiger partial charge in [0.05, 0.1) is 6.04 Å². The lowest BCUT2D eigenvalue weighted by Gasteiger charge is -2.24. The summed E-state index contributed by atoms with van der Waals surface area (Å²) >= 11 is 0. The van der Waals surface area contributed by atoms with Gasteiger partial charge in [-0.3, -0.25) is 4.79 Å². The molecule has 0 radical (unpaired) electrons. The summed E-state index contributed by atoms with van der Waals surface area (Å²) in [5.41, 5.74) is 5.85. The maximum absolute atomic E-state index is 11.8. The smallest absolute Gasteiger partial charge is 0.239 e. The molecule has 84 valence electrons. The Hall–Kier alpha value is -0.570. The molecule has 0 aliphatic heterocycles. The van der Waals surface area contributed by atoms with Gasteiger partial charge in [-0.1, -0.05) is 33.6 Å². The fraction of sp³-hybridized carbons (Fsp3) is 0.909. The van der Waals surface area contributed by atoms with Crippen molar-refractivity contribution in [2.24, 2.45) is 11.7 Å². The number of amides is 1. The van der Waals surface area contributed by atoms with Crippen LogP contribution in [0.2, 0.25) is 0 Å². The van der Waals surface area contributed by atoms with Crippen LogP contribution in [0.3, 0.4) is 0 Å². The third-order valence-corrected chi connectivity index (χ3v) is 2.77. The monoisotopic (exact) mass is 200 g/mol. The zero-order valence-electron chi connectivity index (χ0n) is 9.92. The second-order valence-corrected chi connectivity index (χ2v) is 4.02. The van der Waals surface area contributed by atoms with Crippen LogP contribution < -0.4 is 5.73 Å². The normalized spacial score (nSPS) is 14.9. The molecule has 0 aromatic heterocycles. The van der Waals surface area contributed by atoms with Gasteiger partial charge in [-0.05, 0) is 12.3 Å². The minimum Gasteiger partial charge on any atom is -0.344 e. The fourth-order valence-electron chi connectivity index (χ4n) is 1.26. The summed E-state index contributed by atoms with van der Waals surface area (Å²) < 4.78 is 0. The van der Waals surface area contributed by atoms with Crippen LogP contribution in [0, 0.1) is 5.92 Å². The number of nitrogens with two attached hydrogens (primary N) is 1. The van der Waals surface area contributed by atoms with E-state index in [4.69, 9.17) is 5.73 Å². The third-order valence-electron chi connectivity index (χ3n) is 2.77. The lowest BCUT2D eigenvalue weighted by atomic mass is 9.99. The van der Waals surface area contributed by atoms with Gasteiger partial charge in [-0.2, -0.15) is 0 Å². The Bertz CT molecular complexity index is 171. The van der Waals surface area contributed by atoms with Gasteiger partial charge in [-0.15, -0.1) is 0 Å². The number of hydrogen-bond donors (Lipinski definition) is 1. The van der Waals surface area contributed by atoms with Crippen LogP contribution in [0.25, 0.3) is 0 Å². The molecule has 0 fully saturated rings. The first-order valence-corrected chi connectivity index (χ1v) is 5.55. The summed E-state index contributed by atoms with van der Waals surface area (Å²) in [6, 6.07) is -0.332. The molecule has 0 aliphatic carbocycles. The zero-order chi connectivity index (χ0) is 11.1. The molecule has 0 aromatic carbocycles. The van der Waals surface area contributed by atoms with E-state index in [1.54, 1.807) is 4.90 Å². The predicted molar refractivity (Wildman–Crippen MR) is 60.0 cm³/mol. The van der Waals surface area contributed by atoms with E-state index in [-0.39, 0.29) is 17.9 Å². The summed E-state index contributed by atoms with van der Waals surface area (Å²) in [4.78, 5) is 13.5. The number of nitrogens with zero attached hydrogens (tertiary/aromatic N) is 1. The molecule has 14 heavy (non-hydrogen) atoms. The highest BCUT2D eigenvalue weighted by Gasteiger charge is 2.22. The Kier molecular flexibility index (Phi) is 6.54. The van der Waals surface area contributed by atoms with Gasteiger partial charge in [0.2, 0.25) is 5.91 Å². The number of rotatable bonds is 6. The van der Waals surface area contributed by atoms with Crippen LogP contribution in [0.5, 0.6) is 0 Å². The van der Waals surface area contributed by atoms with Crippen molar-refractivity contribution in [2.75, 3.05) is 13.6 Å². The first kappa shape index (κ1) is 13.4. The largest absolute Gasteiger partial charge is 0.344 e. The van der Waals surface area contributed by atoms with Crippen LogP contribution in [0.1, 0.15) is 40.0 Å². The summed E-state index contributed by atoms with van der Waals surface area (Å²) in [6.07, 6.45) is 3.11. The van der Waals surface area contributed by atoms with E-state index in [1.807, 2.05) is 14.0 Å². The van der Waals surface area contributed by atoms with E-state index in [0.29, 0.717) is 0 Å². The van der Waals surface area contributed by atoms with Gasteiger partial charge in [0.15, 0.2) is 0 Å². The highest BCUT2D eigenvalue weighted by Crippen LogP contribution is 2.08. The minimum absolute atomic E-state index is 0.0767. The highest BCUT2D eigenvalue weighted by atomic mass is 16.2. The van der Waals surface area contributed by atoms with E-state index in [2.05, 4.69) is 13.8 Å². The van der Waals surface area contributed by atoms with Crippen LogP contribution in [0.15, 0.2) is 0 Å². The summed E-state index contributed by atoms with van der Waals surface area (Å²) in [5.74, 6) is 0.347. The number of carbonyl (C=O) groups is 1. The molecule has 3 nitrogen and oxygen atoms in total. The Morgan fingerprint density at radius 2 is 2.00 bits per heavy atom. The minimum atomic E-state index is -0.332. The van der Waals surface area contributed by atoms with Gasteiger partial charge >= 0.3 is 0 Å². The molecule has 0 saturated carbocycles. The van der Waals surface area contributed by atoms with Crippen LogP contribution in [0.4, 0.5) is 0 Å². The lowest BCUT2D eigenvalue weighted by molar-refractivity contribution is -0.132. The van der Waals surface area contributed by atoms with E-state index in [1.165, 1.54) is 0 Å². The molecular weight excluding hydrogens is 176 g/mol. The molecular formula is C11H24N2O. The molecule has 0 heterocycles. The third kappa shape index (κ3) is 4.09. The van der Waals surface area contributed by atoms with Gasteiger partial charge < -0.3 is 10.6 Å². The highest BCUT2D eigenvalue weighted by molar-refractivity contribution is 5.81. The lowest BCUT2D eigenvalue weighted by Crippen LogP contribution is -2.45. The van der Waals surface area contributed by atoms with Crippen molar-refractivity contribution in [2.45, 2.75) is 46.1 Å². The van der Waals surface area contributed by atoms with Crippen molar-refractivity contribution >= 4 is 5.91 Å². The van der Waals surface area contributed by atoms with Gasteiger partial charge in [-0.25, -0.2) is 0 Å². The molecule has 0 aliphatic rings. The first-order valence-electron chi connectivity index (χ1n) is 5.55. The number of hydrogen-bond acceptors (Lipinski definition) is 2. The zero-order valence-corrected chi connectivity index (χ0v) is 9.92. The number of carbonyl (C=O) groups excluding carboxylic acids is 1. The maximum atomic E-state index is 11.8. The molecule has 0 rings (SSSR count). The average Bonchev–Trinajstić information content (AvgIpc) is 2.22. The maximum Gasteiger partial charge on any atom is 0.239 e. The fourth-order valence-corrected chi connectivity index (χ4v) is 1.26. The summed E-state index contributed by atoms with van der Waals surface area (Å²) in [6.45, 7) is 7.02. The van der Waals surface area contributed by atoms with Gasteiger partial charge in [0.1, 0.15) is 0 Å². The van der Waals surface area contributed by atoms with Crippen LogP contribution in [-0.4, -0.2) is 30.4 Å². The van der Waals surface area contributed by atoms with Gasteiger partial charge in [0, 0.05) is 13.6 Å². The average molecular weight is 200 g/mol. The first-order chi connectivity index (χ1) is 6.54. The topological polar surface area (TPSA) is 46.3 Å². The number of unbranched alkanes of at least 4 members (excludes halogenated alkanes) is 1. The van der Waals surface area contributed by atoms with Crippen molar-refractivity contribution in [3.63, 3.8) is 0 Å². The molecule has 1 amide bonds. The quantitative estimate of drug-likeness (QED) is 0.708. The molecule has 2 atom stereocenters. The summed E-state index contributed by atoms with van der Waals surface area (Å²) in [5, 5.41) is 0. The van der Waals surface area contributed by atoms with Crippen molar-refractivity contribution < 1.29 is 4.79 Å². The van der Waals surface area contributed by atoms with E-state index in [0.717, 1.165) is 25.8 Å².